The van der Waals surface area contributed by atoms with Crippen LogP contribution >= 0.6 is 0 Å². The average molecular weight is 358 g/mol. The van der Waals surface area contributed by atoms with E-state index in [2.05, 4.69) is 11.9 Å². The van der Waals surface area contributed by atoms with Crippen molar-refractivity contribution in [3.05, 3.63) is 40.2 Å². The summed E-state index contributed by atoms with van der Waals surface area (Å²) in [6.45, 7) is 3.64. The summed E-state index contributed by atoms with van der Waals surface area (Å²) in [5.74, 6) is 0.717. The Labute approximate surface area is 153 Å². The van der Waals surface area contributed by atoms with E-state index in [0.29, 0.717) is 25.3 Å². The second-order valence-electron chi connectivity index (χ2n) is 6.69. The minimum absolute atomic E-state index is 0.0129. The van der Waals surface area contributed by atoms with E-state index >= 15 is 0 Å². The lowest BCUT2D eigenvalue weighted by Gasteiger charge is -2.25. The molecule has 1 fully saturated rings. The number of benzene rings is 1. The van der Waals surface area contributed by atoms with Gasteiger partial charge in [-0.1, -0.05) is 13.3 Å². The van der Waals surface area contributed by atoms with Gasteiger partial charge in [-0.2, -0.15) is 0 Å². The zero-order valence-corrected chi connectivity index (χ0v) is 15.4. The summed E-state index contributed by atoms with van der Waals surface area (Å²) in [5, 5.41) is 0.888. The summed E-state index contributed by atoms with van der Waals surface area (Å²) < 4.78 is 10.8. The molecule has 0 spiro atoms. The van der Waals surface area contributed by atoms with E-state index in [4.69, 9.17) is 9.47 Å². The van der Waals surface area contributed by atoms with Gasteiger partial charge in [-0.05, 0) is 43.5 Å². The second kappa shape index (κ2) is 8.36. The molecule has 0 radical (unpaired) electrons. The van der Waals surface area contributed by atoms with Crippen molar-refractivity contribution in [1.29, 1.82) is 0 Å². The molecule has 6 heteroatoms. The van der Waals surface area contributed by atoms with Crippen LogP contribution in [0, 0.1) is 0 Å². The first-order chi connectivity index (χ1) is 12.6. The smallest absolute Gasteiger partial charge is 0.253 e. The molecule has 26 heavy (non-hydrogen) atoms. The van der Waals surface area contributed by atoms with Gasteiger partial charge in [-0.25, -0.2) is 0 Å². The molecule has 2 aromatic rings. The van der Waals surface area contributed by atoms with Crippen LogP contribution in [0.1, 0.15) is 38.2 Å². The van der Waals surface area contributed by atoms with Crippen molar-refractivity contribution in [2.75, 3.05) is 20.3 Å². The molecule has 0 aliphatic carbocycles. The van der Waals surface area contributed by atoms with Crippen molar-refractivity contribution >= 4 is 16.8 Å². The predicted octanol–water partition coefficient (Wildman–Crippen LogP) is 2.84. The maximum absolute atomic E-state index is 12.8. The van der Waals surface area contributed by atoms with Crippen molar-refractivity contribution in [2.24, 2.45) is 0 Å². The lowest BCUT2D eigenvalue weighted by atomic mass is 10.1. The van der Waals surface area contributed by atoms with Gasteiger partial charge in [0.2, 0.25) is 0 Å². The fraction of sp³-hybridized carbons (Fsp3) is 0.500. The third-order valence-corrected chi connectivity index (χ3v) is 4.79. The molecule has 1 atom stereocenters. The number of ether oxygens (including phenoxy) is 2. The summed E-state index contributed by atoms with van der Waals surface area (Å²) in [7, 11) is 1.61. The van der Waals surface area contributed by atoms with E-state index in [1.165, 1.54) is 0 Å². The van der Waals surface area contributed by atoms with E-state index in [0.717, 1.165) is 42.3 Å². The zero-order chi connectivity index (χ0) is 18.5. The highest BCUT2D eigenvalue weighted by Gasteiger charge is 2.28. The van der Waals surface area contributed by atoms with Gasteiger partial charge in [0.1, 0.15) is 11.9 Å². The molecule has 140 valence electrons. The third-order valence-electron chi connectivity index (χ3n) is 4.79. The van der Waals surface area contributed by atoms with E-state index in [1.54, 1.807) is 12.0 Å². The number of H-pyrrole nitrogens is 1. The number of carbonyl (C=O) groups excluding carboxylic acids is 1. The molecule has 0 bridgehead atoms. The van der Waals surface area contributed by atoms with Crippen LogP contribution in [0.4, 0.5) is 0 Å². The second-order valence-corrected chi connectivity index (χ2v) is 6.69. The van der Waals surface area contributed by atoms with Crippen molar-refractivity contribution < 1.29 is 14.3 Å². The lowest BCUT2D eigenvalue weighted by Crippen LogP contribution is -2.40. The number of nitrogens with one attached hydrogen (secondary N) is 1. The van der Waals surface area contributed by atoms with Crippen molar-refractivity contribution in [2.45, 2.75) is 45.3 Å². The predicted molar refractivity (Wildman–Crippen MR) is 100 cm³/mol. The summed E-state index contributed by atoms with van der Waals surface area (Å²) in [4.78, 5) is 29.9. The third kappa shape index (κ3) is 4.07. The molecule has 1 aromatic heterocycles. The van der Waals surface area contributed by atoms with E-state index < -0.39 is 0 Å². The summed E-state index contributed by atoms with van der Waals surface area (Å²) in [6, 6.07) is 7.36. The molecular weight excluding hydrogens is 332 g/mol. The maximum atomic E-state index is 12.8. The van der Waals surface area contributed by atoms with Crippen LogP contribution in [0.3, 0.4) is 0 Å². The van der Waals surface area contributed by atoms with Crippen LogP contribution in [-0.2, 0) is 16.1 Å². The molecule has 1 saturated heterocycles. The Kier molecular flexibility index (Phi) is 5.93. The van der Waals surface area contributed by atoms with Crippen LogP contribution in [0.2, 0.25) is 0 Å². The van der Waals surface area contributed by atoms with Crippen molar-refractivity contribution in [3.63, 3.8) is 0 Å². The highest BCUT2D eigenvalue weighted by molar-refractivity contribution is 5.82. The lowest BCUT2D eigenvalue weighted by molar-refractivity contribution is -0.141. The fourth-order valence-electron chi connectivity index (χ4n) is 3.27. The Morgan fingerprint density at radius 2 is 2.23 bits per heavy atom. The van der Waals surface area contributed by atoms with Crippen LogP contribution < -0.4 is 10.3 Å². The molecular formula is C20H26N2O4. The minimum atomic E-state index is -0.369. The molecule has 1 N–H and O–H groups in total. The van der Waals surface area contributed by atoms with Gasteiger partial charge < -0.3 is 19.4 Å². The van der Waals surface area contributed by atoms with Gasteiger partial charge in [-0.3, -0.25) is 9.59 Å². The first-order valence-electron chi connectivity index (χ1n) is 9.22. The number of hydrogen-bond acceptors (Lipinski definition) is 4. The number of hydrogen-bond donors (Lipinski definition) is 1. The molecule has 2 heterocycles. The Morgan fingerprint density at radius 3 is 2.92 bits per heavy atom. The van der Waals surface area contributed by atoms with Crippen LogP contribution in [0.5, 0.6) is 5.75 Å². The van der Waals surface area contributed by atoms with Gasteiger partial charge in [0.15, 0.2) is 0 Å². The van der Waals surface area contributed by atoms with Gasteiger partial charge in [0.25, 0.3) is 11.5 Å². The van der Waals surface area contributed by atoms with E-state index in [9.17, 15) is 9.59 Å². The van der Waals surface area contributed by atoms with E-state index in [-0.39, 0.29) is 17.6 Å². The van der Waals surface area contributed by atoms with Gasteiger partial charge in [-0.15, -0.1) is 0 Å². The number of nitrogens with zero attached hydrogens (tertiary/aromatic N) is 1. The number of fused-ring (bicyclic) bond motifs is 1. The first-order valence-corrected chi connectivity index (χ1v) is 9.22. The maximum Gasteiger partial charge on any atom is 0.253 e. The summed E-state index contributed by atoms with van der Waals surface area (Å²) in [6.07, 6.45) is 3.19. The number of unbranched alkanes of at least 4 members (excludes halogenated alkanes) is 1. The topological polar surface area (TPSA) is 71.6 Å². The Bertz CT molecular complexity index is 824. The largest absolute Gasteiger partial charge is 0.497 e. The number of rotatable bonds is 7. The summed E-state index contributed by atoms with van der Waals surface area (Å²) in [5.41, 5.74) is 1.17. The molecule has 1 aromatic carbocycles. The Morgan fingerprint density at radius 1 is 1.38 bits per heavy atom. The number of amides is 1. The number of pyridine rings is 1. The van der Waals surface area contributed by atoms with Crippen molar-refractivity contribution in [3.8, 4) is 5.75 Å². The normalized spacial score (nSPS) is 16.8. The monoisotopic (exact) mass is 358 g/mol. The minimum Gasteiger partial charge on any atom is -0.497 e. The number of aromatic nitrogens is 1. The van der Waals surface area contributed by atoms with E-state index in [1.807, 2.05) is 24.3 Å². The molecule has 0 saturated carbocycles. The van der Waals surface area contributed by atoms with Crippen LogP contribution in [0.15, 0.2) is 29.1 Å². The summed E-state index contributed by atoms with van der Waals surface area (Å²) >= 11 is 0. The molecule has 1 unspecified atom stereocenters. The molecule has 1 aliphatic heterocycles. The Hall–Kier alpha value is -2.34. The quantitative estimate of drug-likeness (QED) is 0.826. The highest BCUT2D eigenvalue weighted by Crippen LogP contribution is 2.20. The zero-order valence-electron chi connectivity index (χ0n) is 15.4. The highest BCUT2D eigenvalue weighted by atomic mass is 16.5. The van der Waals surface area contributed by atoms with Gasteiger partial charge in [0, 0.05) is 29.6 Å². The Balaban J connectivity index is 1.87. The van der Waals surface area contributed by atoms with Gasteiger partial charge in [0.05, 0.1) is 13.7 Å². The fourth-order valence-corrected chi connectivity index (χ4v) is 3.27. The molecule has 3 rings (SSSR count). The average Bonchev–Trinajstić information content (AvgIpc) is 3.19. The number of carbonyl (C=O) groups is 1. The standard InChI is InChI=1S/C20H26N2O4/c1-3-4-9-22(20(24)18-6-5-10-26-18)13-15-11-14-12-16(25-2)7-8-17(14)21-19(15)23/h7-8,11-12,18H,3-6,9-10,13H2,1-2H3,(H,21,23). The number of methoxy groups -OCH3 is 1. The first kappa shape index (κ1) is 18.5. The van der Waals surface area contributed by atoms with Crippen LogP contribution in [0.25, 0.3) is 10.9 Å². The van der Waals surface area contributed by atoms with Gasteiger partial charge >= 0.3 is 0 Å². The SMILES string of the molecule is CCCCN(Cc1cc2cc(OC)ccc2[nH]c1=O)C(=O)C1CCCO1. The number of aromatic amines is 1. The molecule has 6 nitrogen and oxygen atoms in total. The van der Waals surface area contributed by atoms with Crippen molar-refractivity contribution in [1.82, 2.24) is 9.88 Å². The molecule has 1 amide bonds. The van der Waals surface area contributed by atoms with Crippen LogP contribution in [-0.4, -0.2) is 42.2 Å². The molecule has 1 aliphatic rings.